The molecule has 1 saturated carbocycles. The van der Waals surface area contributed by atoms with Crippen molar-refractivity contribution in [1.82, 2.24) is 4.90 Å². The van der Waals surface area contributed by atoms with Crippen molar-refractivity contribution in [3.63, 3.8) is 0 Å². The molecule has 0 spiro atoms. The third-order valence-electron chi connectivity index (χ3n) is 4.30. The molecule has 0 bridgehead atoms. The Morgan fingerprint density at radius 3 is 2.67 bits per heavy atom. The predicted molar refractivity (Wildman–Crippen MR) is 98.9 cm³/mol. The van der Waals surface area contributed by atoms with Crippen LogP contribution in [0.2, 0.25) is 0 Å². The molecule has 1 aromatic heterocycles. The van der Waals surface area contributed by atoms with Crippen LogP contribution < -0.4 is 4.74 Å². The number of carbonyl (C=O) groups excluding carboxylic acids is 1. The fraction of sp³-hybridized carbons (Fsp3) is 0.450. The average molecular weight is 343 g/mol. The van der Waals surface area contributed by atoms with Gasteiger partial charge in [0.25, 0.3) is 5.91 Å². The first kappa shape index (κ1) is 17.0. The first-order valence-electron chi connectivity index (χ1n) is 8.84. The van der Waals surface area contributed by atoms with Crippen LogP contribution in [0, 0.1) is 0 Å². The molecule has 1 aliphatic carbocycles. The summed E-state index contributed by atoms with van der Waals surface area (Å²) in [6.45, 7) is 3.69. The number of carbonyl (C=O) groups is 1. The highest BCUT2D eigenvalue weighted by Crippen LogP contribution is 2.29. The second-order valence-electron chi connectivity index (χ2n) is 6.29. The van der Waals surface area contributed by atoms with Crippen LogP contribution in [0.15, 0.2) is 41.8 Å². The van der Waals surface area contributed by atoms with Gasteiger partial charge in [0.2, 0.25) is 0 Å². The van der Waals surface area contributed by atoms with Gasteiger partial charge in [-0.15, -0.1) is 11.3 Å². The van der Waals surface area contributed by atoms with Crippen LogP contribution >= 0.6 is 11.3 Å². The van der Waals surface area contributed by atoms with Gasteiger partial charge in [-0.1, -0.05) is 19.4 Å². The number of nitrogens with zero attached hydrogens (tertiary/aromatic N) is 1. The van der Waals surface area contributed by atoms with E-state index in [0.717, 1.165) is 56.6 Å². The van der Waals surface area contributed by atoms with E-state index in [-0.39, 0.29) is 5.91 Å². The zero-order chi connectivity index (χ0) is 16.8. The van der Waals surface area contributed by atoms with Gasteiger partial charge in [0, 0.05) is 23.0 Å². The van der Waals surface area contributed by atoms with Crippen molar-refractivity contribution in [2.24, 2.45) is 0 Å². The first-order valence-corrected chi connectivity index (χ1v) is 9.72. The summed E-state index contributed by atoms with van der Waals surface area (Å²) in [4.78, 5) is 16.2. The quantitative estimate of drug-likeness (QED) is 0.614. The molecule has 128 valence electrons. The van der Waals surface area contributed by atoms with Crippen LogP contribution in [0.3, 0.4) is 0 Å². The van der Waals surface area contributed by atoms with Gasteiger partial charge in [-0.3, -0.25) is 4.79 Å². The van der Waals surface area contributed by atoms with Crippen molar-refractivity contribution >= 4 is 17.2 Å². The first-order chi connectivity index (χ1) is 11.8. The predicted octanol–water partition coefficient (Wildman–Crippen LogP) is 4.77. The van der Waals surface area contributed by atoms with Gasteiger partial charge < -0.3 is 9.64 Å². The SMILES string of the molecule is CCCCOc1ccc(C(=O)N(CCc2cccs2)C2CC2)cc1. The smallest absolute Gasteiger partial charge is 0.254 e. The Hall–Kier alpha value is -1.81. The highest BCUT2D eigenvalue weighted by atomic mass is 32.1. The summed E-state index contributed by atoms with van der Waals surface area (Å²) in [5, 5.41) is 2.09. The molecular weight excluding hydrogens is 318 g/mol. The van der Waals surface area contributed by atoms with E-state index in [1.807, 2.05) is 29.2 Å². The number of rotatable bonds is 9. The van der Waals surface area contributed by atoms with Gasteiger partial charge in [-0.05, 0) is 61.4 Å². The molecule has 1 aliphatic rings. The minimum atomic E-state index is 0.147. The lowest BCUT2D eigenvalue weighted by molar-refractivity contribution is 0.0745. The molecule has 0 unspecified atom stereocenters. The zero-order valence-electron chi connectivity index (χ0n) is 14.2. The zero-order valence-corrected chi connectivity index (χ0v) is 15.1. The maximum Gasteiger partial charge on any atom is 0.254 e. The Balaban J connectivity index is 1.59. The highest BCUT2D eigenvalue weighted by molar-refractivity contribution is 7.09. The summed E-state index contributed by atoms with van der Waals surface area (Å²) >= 11 is 1.76. The van der Waals surface area contributed by atoms with Crippen molar-refractivity contribution in [1.29, 1.82) is 0 Å². The molecule has 1 aromatic carbocycles. The molecule has 0 N–H and O–H groups in total. The topological polar surface area (TPSA) is 29.5 Å². The molecule has 0 radical (unpaired) electrons. The van der Waals surface area contributed by atoms with Crippen molar-refractivity contribution in [3.8, 4) is 5.75 Å². The van der Waals surface area contributed by atoms with Crippen LogP contribution in [0.25, 0.3) is 0 Å². The van der Waals surface area contributed by atoms with Crippen molar-refractivity contribution < 1.29 is 9.53 Å². The van der Waals surface area contributed by atoms with Crippen molar-refractivity contribution in [2.75, 3.05) is 13.2 Å². The van der Waals surface area contributed by atoms with E-state index in [2.05, 4.69) is 24.4 Å². The van der Waals surface area contributed by atoms with Crippen LogP contribution in [0.5, 0.6) is 5.75 Å². The number of amides is 1. The molecule has 1 amide bonds. The van der Waals surface area contributed by atoms with E-state index in [0.29, 0.717) is 6.04 Å². The van der Waals surface area contributed by atoms with Gasteiger partial charge >= 0.3 is 0 Å². The molecular formula is C20H25NO2S. The lowest BCUT2D eigenvalue weighted by Crippen LogP contribution is -2.34. The summed E-state index contributed by atoms with van der Waals surface area (Å²) < 4.78 is 5.67. The molecule has 1 heterocycles. The number of hydrogen-bond acceptors (Lipinski definition) is 3. The maximum absolute atomic E-state index is 12.8. The monoisotopic (exact) mass is 343 g/mol. The Kier molecular flexibility index (Phi) is 5.91. The molecule has 3 rings (SSSR count). The second-order valence-corrected chi connectivity index (χ2v) is 7.32. The third-order valence-corrected chi connectivity index (χ3v) is 5.23. The second kappa shape index (κ2) is 8.34. The van der Waals surface area contributed by atoms with E-state index < -0.39 is 0 Å². The fourth-order valence-corrected chi connectivity index (χ4v) is 3.41. The molecule has 3 nitrogen and oxygen atoms in total. The molecule has 0 saturated heterocycles. The molecule has 1 fully saturated rings. The van der Waals surface area contributed by atoms with Gasteiger partial charge in [-0.25, -0.2) is 0 Å². The summed E-state index contributed by atoms with van der Waals surface area (Å²) in [6, 6.07) is 12.2. The largest absolute Gasteiger partial charge is 0.494 e. The van der Waals surface area contributed by atoms with E-state index in [1.54, 1.807) is 11.3 Å². The average Bonchev–Trinajstić information content (AvgIpc) is 3.31. The number of benzene rings is 1. The van der Waals surface area contributed by atoms with E-state index >= 15 is 0 Å². The lowest BCUT2D eigenvalue weighted by Gasteiger charge is -2.22. The van der Waals surface area contributed by atoms with Gasteiger partial charge in [0.15, 0.2) is 0 Å². The van der Waals surface area contributed by atoms with Crippen molar-refractivity contribution in [2.45, 2.75) is 45.1 Å². The maximum atomic E-state index is 12.8. The Morgan fingerprint density at radius 1 is 1.25 bits per heavy atom. The molecule has 0 aliphatic heterocycles. The number of unbranched alkanes of at least 4 members (excludes halogenated alkanes) is 1. The molecule has 4 heteroatoms. The lowest BCUT2D eigenvalue weighted by atomic mass is 10.1. The summed E-state index contributed by atoms with van der Waals surface area (Å²) in [5.74, 6) is 0.991. The third kappa shape index (κ3) is 4.60. The minimum Gasteiger partial charge on any atom is -0.494 e. The number of thiophene rings is 1. The van der Waals surface area contributed by atoms with Crippen LogP contribution in [-0.2, 0) is 6.42 Å². The van der Waals surface area contributed by atoms with Gasteiger partial charge in [-0.2, -0.15) is 0 Å². The Bertz CT molecular complexity index is 632. The normalized spacial score (nSPS) is 13.7. The van der Waals surface area contributed by atoms with Crippen LogP contribution in [-0.4, -0.2) is 30.0 Å². The molecule has 2 aromatic rings. The Morgan fingerprint density at radius 2 is 2.04 bits per heavy atom. The number of ether oxygens (including phenoxy) is 1. The molecule has 24 heavy (non-hydrogen) atoms. The standard InChI is InChI=1S/C20H25NO2S/c1-2-3-14-23-18-10-6-16(7-11-18)20(22)21(17-8-9-17)13-12-19-5-4-15-24-19/h4-7,10-11,15,17H,2-3,8-9,12-14H2,1H3. The van der Waals surface area contributed by atoms with E-state index in [1.165, 1.54) is 4.88 Å². The number of hydrogen-bond donors (Lipinski definition) is 0. The van der Waals surface area contributed by atoms with Gasteiger partial charge in [0.05, 0.1) is 6.61 Å². The summed E-state index contributed by atoms with van der Waals surface area (Å²) in [6.07, 6.45) is 5.39. The fourth-order valence-electron chi connectivity index (χ4n) is 2.72. The van der Waals surface area contributed by atoms with Crippen molar-refractivity contribution in [3.05, 3.63) is 52.2 Å². The summed E-state index contributed by atoms with van der Waals surface area (Å²) in [7, 11) is 0. The van der Waals surface area contributed by atoms with Crippen LogP contribution in [0.1, 0.15) is 47.8 Å². The van der Waals surface area contributed by atoms with Crippen LogP contribution in [0.4, 0.5) is 0 Å². The minimum absolute atomic E-state index is 0.147. The summed E-state index contributed by atoms with van der Waals surface area (Å²) in [5.41, 5.74) is 0.760. The van der Waals surface area contributed by atoms with Gasteiger partial charge in [0.1, 0.15) is 5.75 Å². The van der Waals surface area contributed by atoms with E-state index in [9.17, 15) is 4.79 Å². The highest BCUT2D eigenvalue weighted by Gasteiger charge is 2.32. The molecule has 0 atom stereocenters. The Labute approximate surface area is 148 Å². The van der Waals surface area contributed by atoms with E-state index in [4.69, 9.17) is 4.74 Å².